The molecule has 1 aromatic carbocycles. The Kier molecular flexibility index (Phi) is 10.1. The lowest BCUT2D eigenvalue weighted by Crippen LogP contribution is -2.50. The summed E-state index contributed by atoms with van der Waals surface area (Å²) < 4.78 is 6.18. The third-order valence-electron chi connectivity index (χ3n) is 6.48. The first-order chi connectivity index (χ1) is 16.0. The Morgan fingerprint density at radius 3 is 2.61 bits per heavy atom. The molecule has 2 heterocycles. The third kappa shape index (κ3) is 6.75. The van der Waals surface area contributed by atoms with Crippen LogP contribution in [0.5, 0.6) is 0 Å². The van der Waals surface area contributed by atoms with Crippen LogP contribution in [-0.2, 0) is 16.0 Å². The first-order valence-corrected chi connectivity index (χ1v) is 13.7. The molecule has 1 fully saturated rings. The first-order valence-electron chi connectivity index (χ1n) is 12.9. The largest absolute Gasteiger partial charge is 0.622 e. The van der Waals surface area contributed by atoms with Crippen molar-refractivity contribution in [3.05, 3.63) is 29.0 Å². The zero-order valence-corrected chi connectivity index (χ0v) is 21.5. The van der Waals surface area contributed by atoms with E-state index in [4.69, 9.17) is 9.72 Å². The number of benzene rings is 1. The summed E-state index contributed by atoms with van der Waals surface area (Å²) in [6, 6.07) is 6.24. The number of rotatable bonds is 14. The number of esters is 1. The van der Waals surface area contributed by atoms with Gasteiger partial charge in [0.1, 0.15) is 6.67 Å². The lowest BCUT2D eigenvalue weighted by Gasteiger charge is -2.38. The number of hydrogen-bond acceptors (Lipinski definition) is 6. The number of hydrogen-bond donors (Lipinski definition) is 0. The van der Waals surface area contributed by atoms with Crippen LogP contribution in [0.3, 0.4) is 0 Å². The molecule has 2 aromatic rings. The number of unbranched alkanes of at least 4 members (excludes halogenated alkanes) is 6. The van der Waals surface area contributed by atoms with E-state index in [0.29, 0.717) is 24.8 Å². The number of aromatic nitrogens is 1. The van der Waals surface area contributed by atoms with E-state index < -0.39 is 10.9 Å². The number of ether oxygens (including phenoxy) is 1. The molecule has 6 nitrogen and oxygen atoms in total. The number of hydroxylamine groups is 2. The van der Waals surface area contributed by atoms with Gasteiger partial charge in [-0.15, -0.1) is 0 Å². The van der Waals surface area contributed by atoms with Crippen molar-refractivity contribution in [3.63, 3.8) is 0 Å². The van der Waals surface area contributed by atoms with E-state index in [9.17, 15) is 10.0 Å². The number of nitrogens with zero attached hydrogens (tertiary/aromatic N) is 3. The maximum absolute atomic E-state index is 14.3. The van der Waals surface area contributed by atoms with Crippen LogP contribution in [0, 0.1) is 5.21 Å². The Balaban J connectivity index is 1.83. The van der Waals surface area contributed by atoms with E-state index in [-0.39, 0.29) is 5.97 Å². The normalized spacial score (nSPS) is 21.2. The standard InChI is InChI=1S/C26H41N3O3S/c1-4-7-10-14-21-15-13-16-22-25(21)27-26(33-22)29(31)20-28(18-12-9-6-3)19-23(29)32-24(30)17-11-8-5-2/h13,15-16,23H,4-12,14,17-20H2,1-3H3. The van der Waals surface area contributed by atoms with Gasteiger partial charge in [0.25, 0.3) is 11.4 Å². The van der Waals surface area contributed by atoms with Crippen LogP contribution >= 0.6 is 11.3 Å². The smallest absolute Gasteiger partial charge is 0.310 e. The topological polar surface area (TPSA) is 65.5 Å². The molecule has 0 saturated carbocycles. The van der Waals surface area contributed by atoms with Crippen molar-refractivity contribution < 1.29 is 9.53 Å². The highest BCUT2D eigenvalue weighted by Gasteiger charge is 2.46. The molecule has 0 aliphatic carbocycles. The lowest BCUT2D eigenvalue weighted by atomic mass is 10.1. The van der Waals surface area contributed by atoms with Gasteiger partial charge >= 0.3 is 5.97 Å². The minimum Gasteiger partial charge on any atom is -0.622 e. The first kappa shape index (κ1) is 26.1. The maximum Gasteiger partial charge on any atom is 0.310 e. The number of carbonyl (C=O) groups excluding carboxylic acids is 1. The summed E-state index contributed by atoms with van der Waals surface area (Å²) >= 11 is 1.46. The molecule has 1 aliphatic rings. The van der Waals surface area contributed by atoms with Gasteiger partial charge in [-0.1, -0.05) is 82.8 Å². The molecule has 0 N–H and O–H groups in total. The quantitative estimate of drug-likeness (QED) is 0.131. The van der Waals surface area contributed by atoms with E-state index in [1.807, 2.05) is 6.07 Å². The minimum absolute atomic E-state index is 0.261. The highest BCUT2D eigenvalue weighted by Crippen LogP contribution is 2.39. The van der Waals surface area contributed by atoms with Gasteiger partial charge in [-0.2, -0.15) is 4.98 Å². The molecule has 3 rings (SSSR count). The highest BCUT2D eigenvalue weighted by atomic mass is 32.1. The van der Waals surface area contributed by atoms with Crippen LogP contribution in [0.15, 0.2) is 18.2 Å². The molecular weight excluding hydrogens is 434 g/mol. The lowest BCUT2D eigenvalue weighted by molar-refractivity contribution is -0.153. The van der Waals surface area contributed by atoms with Crippen molar-refractivity contribution in [1.82, 2.24) is 14.5 Å². The van der Waals surface area contributed by atoms with Crippen LogP contribution in [0.4, 0.5) is 5.13 Å². The maximum atomic E-state index is 14.3. The van der Waals surface area contributed by atoms with Crippen LogP contribution in [0.25, 0.3) is 10.2 Å². The Hall–Kier alpha value is -1.54. The van der Waals surface area contributed by atoms with E-state index >= 15 is 0 Å². The number of fused-ring (bicyclic) bond motifs is 1. The molecule has 1 saturated heterocycles. The predicted octanol–water partition coefficient (Wildman–Crippen LogP) is 6.75. The van der Waals surface area contributed by atoms with Crippen molar-refractivity contribution >= 4 is 32.7 Å². The Morgan fingerprint density at radius 2 is 1.85 bits per heavy atom. The van der Waals surface area contributed by atoms with Gasteiger partial charge in [0.2, 0.25) is 0 Å². The number of thiazole rings is 1. The third-order valence-corrected chi connectivity index (χ3v) is 7.62. The van der Waals surface area contributed by atoms with Crippen LogP contribution in [0.1, 0.15) is 90.5 Å². The van der Waals surface area contributed by atoms with Crippen molar-refractivity contribution in [2.75, 3.05) is 19.8 Å². The van der Waals surface area contributed by atoms with Gasteiger partial charge in [0.15, 0.2) is 0 Å². The summed E-state index contributed by atoms with van der Waals surface area (Å²) in [5.74, 6) is -0.261. The molecule has 33 heavy (non-hydrogen) atoms. The molecule has 1 aromatic heterocycles. The molecule has 2 atom stereocenters. The summed E-state index contributed by atoms with van der Waals surface area (Å²) in [5, 5.41) is 14.8. The Morgan fingerprint density at radius 1 is 1.12 bits per heavy atom. The van der Waals surface area contributed by atoms with Gasteiger partial charge in [-0.05, 0) is 37.3 Å². The van der Waals surface area contributed by atoms with E-state index in [0.717, 1.165) is 68.1 Å². The van der Waals surface area contributed by atoms with Gasteiger partial charge in [-0.3, -0.25) is 9.44 Å². The molecule has 0 amide bonds. The zero-order valence-electron chi connectivity index (χ0n) is 20.7. The second kappa shape index (κ2) is 12.8. The van der Waals surface area contributed by atoms with Crippen molar-refractivity contribution in [1.29, 1.82) is 0 Å². The van der Waals surface area contributed by atoms with Crippen LogP contribution < -0.4 is 4.65 Å². The summed E-state index contributed by atoms with van der Waals surface area (Å²) in [6.45, 7) is 8.12. The molecule has 0 spiro atoms. The summed E-state index contributed by atoms with van der Waals surface area (Å²) in [7, 11) is 0. The van der Waals surface area contributed by atoms with Crippen molar-refractivity contribution in [2.24, 2.45) is 0 Å². The monoisotopic (exact) mass is 475 g/mol. The van der Waals surface area contributed by atoms with Crippen LogP contribution in [0.2, 0.25) is 0 Å². The van der Waals surface area contributed by atoms with Gasteiger partial charge in [0.05, 0.1) is 16.8 Å². The van der Waals surface area contributed by atoms with Crippen molar-refractivity contribution in [3.8, 4) is 0 Å². The fourth-order valence-corrected chi connectivity index (χ4v) is 5.59. The van der Waals surface area contributed by atoms with Gasteiger partial charge < -0.3 is 9.94 Å². The fourth-order valence-electron chi connectivity index (χ4n) is 4.51. The molecule has 1 aliphatic heterocycles. The minimum atomic E-state index is -0.746. The number of aryl methyl sites for hydroxylation is 1. The van der Waals surface area contributed by atoms with E-state index in [1.165, 1.54) is 29.7 Å². The van der Waals surface area contributed by atoms with E-state index in [1.54, 1.807) is 0 Å². The summed E-state index contributed by atoms with van der Waals surface area (Å²) in [5.41, 5.74) is 2.15. The molecule has 0 radical (unpaired) electrons. The molecule has 0 bridgehead atoms. The number of carbonyl (C=O) groups is 1. The summed E-state index contributed by atoms with van der Waals surface area (Å²) in [6.07, 6.45) is 10.3. The van der Waals surface area contributed by atoms with Gasteiger partial charge in [0, 0.05) is 13.0 Å². The average molecular weight is 476 g/mol. The highest BCUT2D eigenvalue weighted by molar-refractivity contribution is 7.22. The SMILES string of the molecule is CCCCCC(=O)OC1CN(CCCCC)C[N+]1([O-])c1nc2c(CCCCC)cccc2s1. The van der Waals surface area contributed by atoms with Crippen LogP contribution in [-0.4, -0.2) is 41.8 Å². The fraction of sp³-hybridized carbons (Fsp3) is 0.692. The second-order valence-electron chi connectivity index (χ2n) is 9.34. The zero-order chi connectivity index (χ0) is 23.7. The molecule has 2 unspecified atom stereocenters. The van der Waals surface area contributed by atoms with Gasteiger partial charge in [-0.25, -0.2) is 4.90 Å². The average Bonchev–Trinajstić information content (AvgIpc) is 3.37. The molecular formula is C26H41N3O3S. The van der Waals surface area contributed by atoms with Crippen molar-refractivity contribution in [2.45, 2.75) is 97.6 Å². The Bertz CT molecular complexity index is 887. The number of para-hydroxylation sites is 1. The summed E-state index contributed by atoms with van der Waals surface area (Å²) in [4.78, 5) is 19.5. The predicted molar refractivity (Wildman–Crippen MR) is 138 cm³/mol. The molecule has 184 valence electrons. The van der Waals surface area contributed by atoms with E-state index in [2.05, 4.69) is 37.8 Å². The second-order valence-corrected chi connectivity index (χ2v) is 10.3. The molecule has 7 heteroatoms. The Labute approximate surface area is 203 Å². The number of quaternary nitrogens is 1.